The van der Waals surface area contributed by atoms with Gasteiger partial charge in [0.2, 0.25) is 11.1 Å². The molecular weight excluding hydrogens is 384 g/mol. The van der Waals surface area contributed by atoms with Gasteiger partial charge in [-0.1, -0.05) is 41.3 Å². The number of benzene rings is 2. The van der Waals surface area contributed by atoms with Crippen LogP contribution in [0.1, 0.15) is 0 Å². The third-order valence-corrected chi connectivity index (χ3v) is 5.48. The number of nitrogens with one attached hydrogen (secondary N) is 1. The van der Waals surface area contributed by atoms with Gasteiger partial charge in [-0.2, -0.15) is 4.68 Å². The second-order valence-corrected chi connectivity index (χ2v) is 7.37. The van der Waals surface area contributed by atoms with E-state index in [2.05, 4.69) is 25.8 Å². The highest BCUT2D eigenvalue weighted by Gasteiger charge is 2.13. The maximum atomic E-state index is 12.3. The number of tetrazole rings is 1. The number of carbonyl (C=O) groups is 1. The van der Waals surface area contributed by atoms with Crippen LogP contribution in [-0.2, 0) is 4.79 Å². The predicted octanol–water partition coefficient (Wildman–Crippen LogP) is 3.01. The number of fused-ring (bicyclic) bond motifs is 1. The average molecular weight is 398 g/mol. The number of rotatable bonds is 6. The van der Waals surface area contributed by atoms with Crippen molar-refractivity contribution in [2.24, 2.45) is 0 Å². The summed E-state index contributed by atoms with van der Waals surface area (Å²) < 4.78 is 7.82. The first-order valence-electron chi connectivity index (χ1n) is 7.94. The Hall–Kier alpha value is -2.98. The normalized spacial score (nSPS) is 10.9. The highest BCUT2D eigenvalue weighted by Crippen LogP contribution is 2.26. The van der Waals surface area contributed by atoms with E-state index < -0.39 is 0 Å². The Labute approximate surface area is 162 Å². The lowest BCUT2D eigenvalue weighted by atomic mass is 10.3. The number of nitrogens with zero attached hydrogens (tertiary/aromatic N) is 5. The van der Waals surface area contributed by atoms with Crippen LogP contribution >= 0.6 is 23.1 Å². The predicted molar refractivity (Wildman–Crippen MR) is 105 cm³/mol. The molecule has 0 radical (unpaired) electrons. The summed E-state index contributed by atoms with van der Waals surface area (Å²) in [7, 11) is 1.60. The molecule has 2 aromatic carbocycles. The second-order valence-electron chi connectivity index (χ2n) is 5.40. The maximum absolute atomic E-state index is 12.3. The number of para-hydroxylation sites is 1. The van der Waals surface area contributed by atoms with Crippen LogP contribution in [0.25, 0.3) is 15.9 Å². The summed E-state index contributed by atoms with van der Waals surface area (Å²) in [5, 5.41) is 15.6. The molecule has 8 nitrogen and oxygen atoms in total. The van der Waals surface area contributed by atoms with E-state index in [1.807, 2.05) is 48.5 Å². The third kappa shape index (κ3) is 3.91. The van der Waals surface area contributed by atoms with E-state index >= 15 is 0 Å². The van der Waals surface area contributed by atoms with Gasteiger partial charge in [-0.25, -0.2) is 4.98 Å². The first-order chi connectivity index (χ1) is 13.2. The molecule has 136 valence electrons. The van der Waals surface area contributed by atoms with Crippen LogP contribution in [-0.4, -0.2) is 44.0 Å². The van der Waals surface area contributed by atoms with Gasteiger partial charge in [-0.05, 0) is 34.7 Å². The molecule has 0 bridgehead atoms. The number of thiazole rings is 1. The molecule has 4 rings (SSSR count). The van der Waals surface area contributed by atoms with Crippen molar-refractivity contribution < 1.29 is 9.53 Å². The van der Waals surface area contributed by atoms with E-state index in [-0.39, 0.29) is 11.7 Å². The minimum atomic E-state index is -0.167. The molecule has 0 unspecified atom stereocenters. The molecule has 0 aliphatic rings. The highest BCUT2D eigenvalue weighted by atomic mass is 32.2. The van der Waals surface area contributed by atoms with Gasteiger partial charge in [0.15, 0.2) is 5.13 Å². The molecule has 2 heterocycles. The first kappa shape index (κ1) is 17.4. The molecule has 0 saturated carbocycles. The summed E-state index contributed by atoms with van der Waals surface area (Å²) in [5.74, 6) is 0.701. The van der Waals surface area contributed by atoms with Crippen molar-refractivity contribution in [3.05, 3.63) is 48.5 Å². The fraction of sp³-hybridized carbons (Fsp3) is 0.118. The Morgan fingerprint density at radius 1 is 1.26 bits per heavy atom. The Balaban J connectivity index is 1.43. The van der Waals surface area contributed by atoms with Crippen molar-refractivity contribution in [3.8, 4) is 11.4 Å². The van der Waals surface area contributed by atoms with Crippen molar-refractivity contribution >= 4 is 44.4 Å². The molecule has 0 spiro atoms. The van der Waals surface area contributed by atoms with Gasteiger partial charge in [0.05, 0.1) is 28.8 Å². The number of amides is 1. The Morgan fingerprint density at radius 3 is 3.00 bits per heavy atom. The Kier molecular flexibility index (Phi) is 4.99. The standard InChI is InChI=1S/C17H14N6O2S2/c1-25-12-6-4-5-11(9-12)23-17(20-21-22-23)26-10-15(24)19-16-18-13-7-2-3-8-14(13)27-16/h2-9H,10H2,1H3,(H,18,19,24). The topological polar surface area (TPSA) is 94.8 Å². The number of hydrogen-bond donors (Lipinski definition) is 1. The zero-order valence-electron chi connectivity index (χ0n) is 14.2. The molecule has 0 aliphatic carbocycles. The van der Waals surface area contributed by atoms with Crippen LogP contribution in [0.2, 0.25) is 0 Å². The van der Waals surface area contributed by atoms with Gasteiger partial charge < -0.3 is 10.1 Å². The second kappa shape index (κ2) is 7.72. The summed E-state index contributed by atoms with van der Waals surface area (Å²) >= 11 is 2.69. The Bertz CT molecular complexity index is 1060. The Morgan fingerprint density at radius 2 is 2.15 bits per heavy atom. The van der Waals surface area contributed by atoms with E-state index in [0.29, 0.717) is 16.0 Å². The number of thioether (sulfide) groups is 1. The van der Waals surface area contributed by atoms with Gasteiger partial charge in [-0.15, -0.1) is 5.10 Å². The molecule has 0 fully saturated rings. The molecule has 1 N–H and O–H groups in total. The van der Waals surface area contributed by atoms with E-state index in [4.69, 9.17) is 4.74 Å². The zero-order chi connectivity index (χ0) is 18.6. The van der Waals surface area contributed by atoms with E-state index in [1.165, 1.54) is 23.1 Å². The van der Waals surface area contributed by atoms with E-state index in [9.17, 15) is 4.79 Å². The minimum absolute atomic E-state index is 0.167. The van der Waals surface area contributed by atoms with Crippen molar-refractivity contribution in [2.45, 2.75) is 5.16 Å². The van der Waals surface area contributed by atoms with Crippen LogP contribution in [0.3, 0.4) is 0 Å². The van der Waals surface area contributed by atoms with Crippen molar-refractivity contribution in [1.82, 2.24) is 25.2 Å². The lowest BCUT2D eigenvalue weighted by molar-refractivity contribution is -0.113. The van der Waals surface area contributed by atoms with Gasteiger partial charge in [0.1, 0.15) is 5.75 Å². The molecule has 4 aromatic rings. The summed E-state index contributed by atoms with van der Waals surface area (Å²) in [6, 6.07) is 15.1. The fourth-order valence-electron chi connectivity index (χ4n) is 2.38. The van der Waals surface area contributed by atoms with Crippen molar-refractivity contribution in [2.75, 3.05) is 18.2 Å². The summed E-state index contributed by atoms with van der Waals surface area (Å²) in [6.45, 7) is 0. The molecule has 2 aromatic heterocycles. The maximum Gasteiger partial charge on any atom is 0.236 e. The van der Waals surface area contributed by atoms with Crippen molar-refractivity contribution in [1.29, 1.82) is 0 Å². The quantitative estimate of drug-likeness (QED) is 0.499. The average Bonchev–Trinajstić information content (AvgIpc) is 3.32. The highest BCUT2D eigenvalue weighted by molar-refractivity contribution is 7.99. The smallest absolute Gasteiger partial charge is 0.236 e. The van der Waals surface area contributed by atoms with Crippen LogP contribution < -0.4 is 10.1 Å². The van der Waals surface area contributed by atoms with E-state index in [1.54, 1.807) is 11.8 Å². The van der Waals surface area contributed by atoms with E-state index in [0.717, 1.165) is 15.9 Å². The summed E-state index contributed by atoms with van der Waals surface area (Å²) in [6.07, 6.45) is 0. The molecule has 0 atom stereocenters. The lowest BCUT2D eigenvalue weighted by Gasteiger charge is -2.06. The molecule has 0 saturated heterocycles. The third-order valence-electron chi connectivity index (χ3n) is 3.61. The monoisotopic (exact) mass is 398 g/mol. The first-order valence-corrected chi connectivity index (χ1v) is 9.74. The number of hydrogen-bond acceptors (Lipinski definition) is 8. The molecular formula is C17H14N6O2S2. The zero-order valence-corrected chi connectivity index (χ0v) is 15.8. The van der Waals surface area contributed by atoms with Crippen molar-refractivity contribution in [3.63, 3.8) is 0 Å². The number of ether oxygens (including phenoxy) is 1. The van der Waals surface area contributed by atoms with Gasteiger partial charge >= 0.3 is 0 Å². The molecule has 27 heavy (non-hydrogen) atoms. The summed E-state index contributed by atoms with van der Waals surface area (Å²) in [4.78, 5) is 16.7. The molecule has 1 amide bonds. The van der Waals surface area contributed by atoms with Crippen LogP contribution in [0.5, 0.6) is 5.75 Å². The number of aromatic nitrogens is 5. The largest absolute Gasteiger partial charge is 0.497 e. The minimum Gasteiger partial charge on any atom is -0.497 e. The molecule has 0 aliphatic heterocycles. The number of carbonyl (C=O) groups excluding carboxylic acids is 1. The number of anilines is 1. The lowest BCUT2D eigenvalue weighted by Crippen LogP contribution is -2.14. The van der Waals surface area contributed by atoms with Gasteiger partial charge in [-0.3, -0.25) is 4.79 Å². The van der Waals surface area contributed by atoms with Crippen LogP contribution in [0, 0.1) is 0 Å². The number of methoxy groups -OCH3 is 1. The van der Waals surface area contributed by atoms with Gasteiger partial charge in [0, 0.05) is 6.07 Å². The fourth-order valence-corrected chi connectivity index (χ4v) is 3.96. The summed E-state index contributed by atoms with van der Waals surface area (Å²) in [5.41, 5.74) is 1.63. The molecule has 10 heteroatoms. The SMILES string of the molecule is COc1cccc(-n2nnnc2SCC(=O)Nc2nc3ccccc3s2)c1. The van der Waals surface area contributed by atoms with Crippen LogP contribution in [0.15, 0.2) is 53.7 Å². The van der Waals surface area contributed by atoms with Gasteiger partial charge in [0.25, 0.3) is 0 Å². The van der Waals surface area contributed by atoms with Crippen LogP contribution in [0.4, 0.5) is 5.13 Å².